The average Bonchev–Trinajstić information content (AvgIpc) is 2.34. The molecule has 0 unspecified atom stereocenters. The molecule has 1 amide bonds. The standard InChI is InChI=1S/C12H15NO5/c1-8-5-9(3-4-10(8)17-2)18-7-11(14)13-6-12(15)16/h3-5H,6-7H2,1-2H3,(H,13,14)(H,15,16). The number of aliphatic carboxylic acids is 1. The van der Waals surface area contributed by atoms with Gasteiger partial charge in [0.2, 0.25) is 0 Å². The molecule has 0 saturated carbocycles. The van der Waals surface area contributed by atoms with Gasteiger partial charge in [-0.25, -0.2) is 0 Å². The van der Waals surface area contributed by atoms with Crippen molar-refractivity contribution in [3.8, 4) is 11.5 Å². The summed E-state index contributed by atoms with van der Waals surface area (Å²) < 4.78 is 10.3. The van der Waals surface area contributed by atoms with Gasteiger partial charge in [0.1, 0.15) is 18.0 Å². The molecule has 0 radical (unpaired) electrons. The van der Waals surface area contributed by atoms with Gasteiger partial charge in [0.15, 0.2) is 6.61 Å². The summed E-state index contributed by atoms with van der Waals surface area (Å²) in [6, 6.07) is 5.15. The van der Waals surface area contributed by atoms with Crippen molar-refractivity contribution in [2.75, 3.05) is 20.3 Å². The predicted molar refractivity (Wildman–Crippen MR) is 63.9 cm³/mol. The Morgan fingerprint density at radius 2 is 2.11 bits per heavy atom. The number of aryl methyl sites for hydroxylation is 1. The average molecular weight is 253 g/mol. The third-order valence-electron chi connectivity index (χ3n) is 2.17. The van der Waals surface area contributed by atoms with Crippen LogP contribution in [0.2, 0.25) is 0 Å². The number of ether oxygens (including phenoxy) is 2. The Kier molecular flexibility index (Phi) is 4.98. The van der Waals surface area contributed by atoms with Crippen LogP contribution in [0.3, 0.4) is 0 Å². The Labute approximate surface area is 105 Å². The molecule has 0 bridgehead atoms. The molecule has 6 heteroatoms. The van der Waals surface area contributed by atoms with Gasteiger partial charge in [-0.3, -0.25) is 9.59 Å². The van der Waals surface area contributed by atoms with E-state index >= 15 is 0 Å². The van der Waals surface area contributed by atoms with Crippen LogP contribution in [-0.4, -0.2) is 37.2 Å². The van der Waals surface area contributed by atoms with Crippen molar-refractivity contribution in [2.45, 2.75) is 6.92 Å². The molecule has 0 atom stereocenters. The van der Waals surface area contributed by atoms with E-state index in [1.54, 1.807) is 25.3 Å². The molecule has 1 aromatic carbocycles. The largest absolute Gasteiger partial charge is 0.496 e. The number of carboxylic acid groups (broad SMARTS) is 1. The number of methoxy groups -OCH3 is 1. The van der Waals surface area contributed by atoms with E-state index in [-0.39, 0.29) is 6.61 Å². The van der Waals surface area contributed by atoms with Gasteiger partial charge < -0.3 is 19.9 Å². The molecule has 0 aliphatic carbocycles. The number of carbonyl (C=O) groups excluding carboxylic acids is 1. The van der Waals surface area contributed by atoms with E-state index in [0.717, 1.165) is 11.3 Å². The molecule has 6 nitrogen and oxygen atoms in total. The highest BCUT2D eigenvalue weighted by Gasteiger charge is 2.06. The fraction of sp³-hybridized carbons (Fsp3) is 0.333. The van der Waals surface area contributed by atoms with E-state index in [1.165, 1.54) is 0 Å². The maximum absolute atomic E-state index is 11.2. The molecule has 0 aromatic heterocycles. The van der Waals surface area contributed by atoms with Crippen LogP contribution >= 0.6 is 0 Å². The Bertz CT molecular complexity index is 444. The van der Waals surface area contributed by atoms with Crippen molar-refractivity contribution in [3.63, 3.8) is 0 Å². The van der Waals surface area contributed by atoms with Gasteiger partial charge in [-0.05, 0) is 30.7 Å². The number of nitrogens with one attached hydrogen (secondary N) is 1. The maximum Gasteiger partial charge on any atom is 0.322 e. The summed E-state index contributed by atoms with van der Waals surface area (Å²) >= 11 is 0. The smallest absolute Gasteiger partial charge is 0.322 e. The van der Waals surface area contributed by atoms with Gasteiger partial charge in [-0.1, -0.05) is 0 Å². The van der Waals surface area contributed by atoms with Crippen LogP contribution in [-0.2, 0) is 9.59 Å². The lowest BCUT2D eigenvalue weighted by atomic mass is 10.2. The van der Waals surface area contributed by atoms with Gasteiger partial charge >= 0.3 is 5.97 Å². The fourth-order valence-electron chi connectivity index (χ4n) is 1.31. The van der Waals surface area contributed by atoms with E-state index in [0.29, 0.717) is 5.75 Å². The Morgan fingerprint density at radius 3 is 2.67 bits per heavy atom. The Balaban J connectivity index is 2.46. The lowest BCUT2D eigenvalue weighted by Crippen LogP contribution is -2.33. The van der Waals surface area contributed by atoms with Gasteiger partial charge in [0.25, 0.3) is 5.91 Å². The van der Waals surface area contributed by atoms with Crippen molar-refractivity contribution in [2.24, 2.45) is 0 Å². The first kappa shape index (κ1) is 13.8. The van der Waals surface area contributed by atoms with Crippen LogP contribution in [0.25, 0.3) is 0 Å². The van der Waals surface area contributed by atoms with Crippen LogP contribution in [0.15, 0.2) is 18.2 Å². The maximum atomic E-state index is 11.2. The quantitative estimate of drug-likeness (QED) is 0.774. The Hall–Kier alpha value is -2.24. The van der Waals surface area contributed by atoms with Gasteiger partial charge in [0, 0.05) is 0 Å². The van der Waals surface area contributed by atoms with Crippen molar-refractivity contribution < 1.29 is 24.2 Å². The number of hydrogen-bond donors (Lipinski definition) is 2. The zero-order valence-corrected chi connectivity index (χ0v) is 10.2. The third kappa shape index (κ3) is 4.32. The van der Waals surface area contributed by atoms with Crippen molar-refractivity contribution in [1.29, 1.82) is 0 Å². The number of amides is 1. The summed E-state index contributed by atoms with van der Waals surface area (Å²) in [5.41, 5.74) is 0.890. The zero-order valence-electron chi connectivity index (χ0n) is 10.2. The highest BCUT2D eigenvalue weighted by molar-refractivity contribution is 5.82. The number of rotatable bonds is 6. The SMILES string of the molecule is COc1ccc(OCC(=O)NCC(=O)O)cc1C. The second-order valence-corrected chi connectivity index (χ2v) is 3.59. The molecule has 98 valence electrons. The Morgan fingerprint density at radius 1 is 1.39 bits per heavy atom. The van der Waals surface area contributed by atoms with Crippen LogP contribution in [0.1, 0.15) is 5.56 Å². The first-order valence-corrected chi connectivity index (χ1v) is 5.29. The number of hydrogen-bond acceptors (Lipinski definition) is 4. The first-order valence-electron chi connectivity index (χ1n) is 5.29. The molecule has 0 aliphatic rings. The molecule has 1 aromatic rings. The van der Waals surface area contributed by atoms with Crippen LogP contribution in [0.4, 0.5) is 0 Å². The number of carbonyl (C=O) groups is 2. The molecule has 1 rings (SSSR count). The first-order chi connectivity index (χ1) is 8.52. The van der Waals surface area contributed by atoms with E-state index in [1.807, 2.05) is 6.92 Å². The highest BCUT2D eigenvalue weighted by atomic mass is 16.5. The van der Waals surface area contributed by atoms with E-state index in [9.17, 15) is 9.59 Å². The summed E-state index contributed by atoms with van der Waals surface area (Å²) in [4.78, 5) is 21.4. The second-order valence-electron chi connectivity index (χ2n) is 3.59. The minimum Gasteiger partial charge on any atom is -0.496 e. The van der Waals surface area contributed by atoms with Gasteiger partial charge in [-0.2, -0.15) is 0 Å². The summed E-state index contributed by atoms with van der Waals surface area (Å²) in [5, 5.41) is 10.6. The summed E-state index contributed by atoms with van der Waals surface area (Å²) in [7, 11) is 1.57. The normalized spacial score (nSPS) is 9.67. The second kappa shape index (κ2) is 6.48. The lowest BCUT2D eigenvalue weighted by Gasteiger charge is -2.09. The number of carboxylic acids is 1. The molecular weight excluding hydrogens is 238 g/mol. The minimum atomic E-state index is -1.09. The predicted octanol–water partition coefficient (Wildman–Crippen LogP) is 0.583. The van der Waals surface area contributed by atoms with Gasteiger partial charge in [-0.15, -0.1) is 0 Å². The van der Waals surface area contributed by atoms with Crippen LogP contribution in [0, 0.1) is 6.92 Å². The molecular formula is C12H15NO5. The summed E-state index contributed by atoms with van der Waals surface area (Å²) in [6.07, 6.45) is 0. The summed E-state index contributed by atoms with van der Waals surface area (Å²) in [5.74, 6) is -0.314. The lowest BCUT2D eigenvalue weighted by molar-refractivity contribution is -0.138. The third-order valence-corrected chi connectivity index (χ3v) is 2.17. The molecule has 0 aliphatic heterocycles. The van der Waals surface area contributed by atoms with E-state index in [4.69, 9.17) is 14.6 Å². The molecule has 18 heavy (non-hydrogen) atoms. The highest BCUT2D eigenvalue weighted by Crippen LogP contribution is 2.22. The minimum absolute atomic E-state index is 0.223. The van der Waals surface area contributed by atoms with Crippen molar-refractivity contribution in [3.05, 3.63) is 23.8 Å². The summed E-state index contributed by atoms with van der Waals surface area (Å²) in [6.45, 7) is 1.22. The van der Waals surface area contributed by atoms with Crippen LogP contribution in [0.5, 0.6) is 11.5 Å². The monoisotopic (exact) mass is 253 g/mol. The molecule has 0 fully saturated rings. The van der Waals surface area contributed by atoms with Gasteiger partial charge in [0.05, 0.1) is 7.11 Å². The van der Waals surface area contributed by atoms with Crippen molar-refractivity contribution in [1.82, 2.24) is 5.32 Å². The van der Waals surface area contributed by atoms with Crippen molar-refractivity contribution >= 4 is 11.9 Å². The van der Waals surface area contributed by atoms with Crippen LogP contribution < -0.4 is 14.8 Å². The number of benzene rings is 1. The molecule has 0 heterocycles. The zero-order chi connectivity index (χ0) is 13.5. The van der Waals surface area contributed by atoms with E-state index < -0.39 is 18.4 Å². The molecule has 0 saturated heterocycles. The topological polar surface area (TPSA) is 84.9 Å². The molecule has 0 spiro atoms. The fourth-order valence-corrected chi connectivity index (χ4v) is 1.31. The molecule has 2 N–H and O–H groups in total. The van der Waals surface area contributed by atoms with E-state index in [2.05, 4.69) is 5.32 Å².